The van der Waals surface area contributed by atoms with Gasteiger partial charge < -0.3 is 15.5 Å². The first-order chi connectivity index (χ1) is 15.2. The summed E-state index contributed by atoms with van der Waals surface area (Å²) in [5.41, 5.74) is 1.16. The minimum atomic E-state index is -4.40. The highest BCUT2D eigenvalue weighted by Crippen LogP contribution is 2.32. The number of nitrogens with one attached hydrogen (secondary N) is 2. The molecule has 3 aromatic rings. The summed E-state index contributed by atoms with van der Waals surface area (Å²) in [4.78, 5) is 26.4. The van der Waals surface area contributed by atoms with E-state index >= 15 is 0 Å². The average Bonchev–Trinajstić information content (AvgIpc) is 3.21. The van der Waals surface area contributed by atoms with Gasteiger partial charge >= 0.3 is 6.18 Å². The Balaban J connectivity index is 1.58. The van der Waals surface area contributed by atoms with E-state index in [2.05, 4.69) is 30.5 Å². The van der Waals surface area contributed by atoms with Crippen LogP contribution in [0.4, 0.5) is 24.7 Å². The molecule has 1 fully saturated rings. The van der Waals surface area contributed by atoms with E-state index in [-0.39, 0.29) is 11.9 Å². The first-order valence-electron chi connectivity index (χ1n) is 10.3. The number of fused-ring (bicyclic) bond motifs is 1. The Morgan fingerprint density at radius 2 is 2.03 bits per heavy atom. The fourth-order valence-electron chi connectivity index (χ4n) is 3.90. The van der Waals surface area contributed by atoms with Crippen LogP contribution in [0, 0.1) is 0 Å². The zero-order chi connectivity index (χ0) is 22.9. The van der Waals surface area contributed by atoms with Crippen LogP contribution in [0.1, 0.15) is 37.4 Å². The molecule has 4 rings (SSSR count). The van der Waals surface area contributed by atoms with Crippen molar-refractivity contribution in [3.05, 3.63) is 54.0 Å². The van der Waals surface area contributed by atoms with Gasteiger partial charge in [0.1, 0.15) is 12.1 Å². The van der Waals surface area contributed by atoms with Crippen molar-refractivity contribution in [3.63, 3.8) is 0 Å². The third-order valence-corrected chi connectivity index (χ3v) is 5.50. The van der Waals surface area contributed by atoms with Gasteiger partial charge in [-0.2, -0.15) is 13.2 Å². The van der Waals surface area contributed by atoms with Crippen molar-refractivity contribution in [3.8, 4) is 0 Å². The standard InChI is InChI=1S/C22H23F3N6O/c1-13(15-4-3-5-16(8-15)22(23,24)25)29-21-19-9-18(10-26-20(19)27-12-28-21)31-7-6-17(11-31)30-14(2)32/h3-5,8-10,12-13,17H,6-7,11H2,1-2H3,(H,30,32)(H,26,27,28,29)/t13?,17-/m1/s1. The van der Waals surface area contributed by atoms with Crippen molar-refractivity contribution in [1.82, 2.24) is 20.3 Å². The molecule has 168 valence electrons. The van der Waals surface area contributed by atoms with Crippen molar-refractivity contribution in [2.75, 3.05) is 23.3 Å². The number of carbonyl (C=O) groups excluding carboxylic acids is 1. The molecule has 7 nitrogen and oxygen atoms in total. The highest BCUT2D eigenvalue weighted by atomic mass is 19.4. The highest BCUT2D eigenvalue weighted by Gasteiger charge is 2.31. The Morgan fingerprint density at radius 3 is 2.78 bits per heavy atom. The average molecular weight is 444 g/mol. The van der Waals surface area contributed by atoms with Gasteiger partial charge in [-0.15, -0.1) is 0 Å². The molecule has 1 aliphatic heterocycles. The van der Waals surface area contributed by atoms with Gasteiger partial charge in [-0.3, -0.25) is 4.79 Å². The number of benzene rings is 1. The molecule has 0 radical (unpaired) electrons. The zero-order valence-electron chi connectivity index (χ0n) is 17.6. The maximum atomic E-state index is 13.1. The number of amides is 1. The van der Waals surface area contributed by atoms with Crippen LogP contribution in [0.3, 0.4) is 0 Å². The molecule has 0 saturated carbocycles. The number of anilines is 2. The van der Waals surface area contributed by atoms with Crippen LogP contribution in [0.5, 0.6) is 0 Å². The molecule has 32 heavy (non-hydrogen) atoms. The number of nitrogens with zero attached hydrogens (tertiary/aromatic N) is 4. The minimum absolute atomic E-state index is 0.0584. The van der Waals surface area contributed by atoms with Gasteiger partial charge in [-0.1, -0.05) is 12.1 Å². The maximum absolute atomic E-state index is 13.1. The number of hydrogen-bond donors (Lipinski definition) is 2. The molecule has 2 aromatic heterocycles. The van der Waals surface area contributed by atoms with Crippen LogP contribution < -0.4 is 15.5 Å². The van der Waals surface area contributed by atoms with Gasteiger partial charge in [0, 0.05) is 32.1 Å². The number of pyridine rings is 1. The van der Waals surface area contributed by atoms with E-state index in [1.807, 2.05) is 6.07 Å². The van der Waals surface area contributed by atoms with E-state index in [1.54, 1.807) is 19.2 Å². The van der Waals surface area contributed by atoms with Crippen LogP contribution in [-0.4, -0.2) is 40.0 Å². The topological polar surface area (TPSA) is 83.0 Å². The lowest BCUT2D eigenvalue weighted by Crippen LogP contribution is -2.35. The molecule has 1 amide bonds. The van der Waals surface area contributed by atoms with Crippen molar-refractivity contribution < 1.29 is 18.0 Å². The molecule has 3 heterocycles. The minimum Gasteiger partial charge on any atom is -0.368 e. The molecule has 2 atom stereocenters. The summed E-state index contributed by atoms with van der Waals surface area (Å²) in [6, 6.07) is 6.80. The smallest absolute Gasteiger partial charge is 0.368 e. The van der Waals surface area contributed by atoms with Crippen LogP contribution in [-0.2, 0) is 11.0 Å². The van der Waals surface area contributed by atoms with Gasteiger partial charge in [-0.05, 0) is 37.1 Å². The summed E-state index contributed by atoms with van der Waals surface area (Å²) in [6.45, 7) is 4.72. The molecule has 10 heteroatoms. The molecule has 1 saturated heterocycles. The summed E-state index contributed by atoms with van der Waals surface area (Å²) in [5.74, 6) is 0.434. The van der Waals surface area contributed by atoms with Crippen molar-refractivity contribution in [2.45, 2.75) is 38.5 Å². The van der Waals surface area contributed by atoms with Crippen molar-refractivity contribution in [2.24, 2.45) is 0 Å². The summed E-state index contributed by atoms with van der Waals surface area (Å²) < 4.78 is 39.2. The zero-order valence-corrected chi connectivity index (χ0v) is 17.6. The van der Waals surface area contributed by atoms with E-state index < -0.39 is 17.8 Å². The first kappa shape index (κ1) is 21.8. The fraction of sp³-hybridized carbons (Fsp3) is 0.364. The third kappa shape index (κ3) is 4.74. The molecule has 1 aliphatic rings. The predicted molar refractivity (Wildman–Crippen MR) is 115 cm³/mol. The number of rotatable bonds is 5. The summed E-state index contributed by atoms with van der Waals surface area (Å²) >= 11 is 0. The van der Waals surface area contributed by atoms with Crippen LogP contribution >= 0.6 is 0 Å². The molecule has 2 N–H and O–H groups in total. The highest BCUT2D eigenvalue weighted by molar-refractivity contribution is 5.88. The third-order valence-electron chi connectivity index (χ3n) is 5.50. The second-order valence-corrected chi connectivity index (χ2v) is 7.91. The van der Waals surface area contributed by atoms with E-state index in [4.69, 9.17) is 0 Å². The number of alkyl halides is 3. The molecule has 0 bridgehead atoms. The second kappa shape index (κ2) is 8.60. The Bertz CT molecular complexity index is 1140. The molecular weight excluding hydrogens is 421 g/mol. The lowest BCUT2D eigenvalue weighted by molar-refractivity contribution is -0.137. The van der Waals surface area contributed by atoms with Crippen LogP contribution in [0.15, 0.2) is 42.9 Å². The SMILES string of the molecule is CC(=O)N[C@@H]1CCN(c2cnc3ncnc(NC(C)c4cccc(C(F)(F)F)c4)c3c2)C1. The van der Waals surface area contributed by atoms with Gasteiger partial charge in [0.25, 0.3) is 0 Å². The summed E-state index contributed by atoms with van der Waals surface area (Å²) in [7, 11) is 0. The molecule has 0 aliphatic carbocycles. The van der Waals surface area contributed by atoms with E-state index in [0.29, 0.717) is 29.0 Å². The van der Waals surface area contributed by atoms with Crippen molar-refractivity contribution in [1.29, 1.82) is 0 Å². The van der Waals surface area contributed by atoms with Crippen molar-refractivity contribution >= 4 is 28.4 Å². The van der Waals surface area contributed by atoms with Gasteiger partial charge in [0.15, 0.2) is 5.65 Å². The molecule has 1 aromatic carbocycles. The van der Waals surface area contributed by atoms with Gasteiger partial charge in [0.05, 0.1) is 22.8 Å². The van der Waals surface area contributed by atoms with Gasteiger partial charge in [-0.25, -0.2) is 15.0 Å². The quantitative estimate of drug-likeness (QED) is 0.621. The second-order valence-electron chi connectivity index (χ2n) is 7.91. The van der Waals surface area contributed by atoms with Crippen LogP contribution in [0.2, 0.25) is 0 Å². The number of carbonyl (C=O) groups is 1. The molecular formula is C22H23F3N6O. The van der Waals surface area contributed by atoms with Gasteiger partial charge in [0.2, 0.25) is 5.91 Å². The van der Waals surface area contributed by atoms with Crippen LogP contribution in [0.25, 0.3) is 11.0 Å². The monoisotopic (exact) mass is 444 g/mol. The van der Waals surface area contributed by atoms with E-state index in [1.165, 1.54) is 19.3 Å². The van der Waals surface area contributed by atoms with E-state index in [0.717, 1.165) is 30.8 Å². The lowest BCUT2D eigenvalue weighted by Gasteiger charge is -2.20. The number of hydrogen-bond acceptors (Lipinski definition) is 6. The fourth-order valence-corrected chi connectivity index (χ4v) is 3.90. The normalized spacial score (nSPS) is 17.4. The predicted octanol–water partition coefficient (Wildman–Crippen LogP) is 3.93. The Kier molecular flexibility index (Phi) is 5.86. The Hall–Kier alpha value is -3.43. The number of aromatic nitrogens is 3. The summed E-state index contributed by atoms with van der Waals surface area (Å²) in [5, 5.41) is 6.80. The summed E-state index contributed by atoms with van der Waals surface area (Å²) in [6.07, 6.45) is -0.466. The molecule has 1 unspecified atom stereocenters. The maximum Gasteiger partial charge on any atom is 0.416 e. The van der Waals surface area contributed by atoms with E-state index in [9.17, 15) is 18.0 Å². The number of halogens is 3. The Morgan fingerprint density at radius 1 is 1.22 bits per heavy atom. The largest absolute Gasteiger partial charge is 0.416 e. The first-order valence-corrected chi connectivity index (χ1v) is 10.3. The molecule has 0 spiro atoms. The Labute approximate surface area is 183 Å². The lowest BCUT2D eigenvalue weighted by atomic mass is 10.0.